The number of rotatable bonds is 0. The van der Waals surface area contributed by atoms with Crippen molar-refractivity contribution in [2.45, 2.75) is 158 Å². The second-order valence-electron chi connectivity index (χ2n) is 10.3. The van der Waals surface area contributed by atoms with E-state index in [9.17, 15) is 0 Å². The molecule has 0 aromatic heterocycles. The molecule has 35 heavy (non-hydrogen) atoms. The van der Waals surface area contributed by atoms with Gasteiger partial charge in [0, 0.05) is 20.6 Å². The van der Waals surface area contributed by atoms with Crippen molar-refractivity contribution >= 4 is 0 Å². The van der Waals surface area contributed by atoms with Crippen molar-refractivity contribution in [1.82, 2.24) is 0 Å². The lowest BCUT2D eigenvalue weighted by Gasteiger charge is -2.40. The second-order valence-corrected chi connectivity index (χ2v) is 10.3. The first-order chi connectivity index (χ1) is 16.4. The van der Waals surface area contributed by atoms with Gasteiger partial charge in [-0.1, -0.05) is 94.9 Å². The van der Waals surface area contributed by atoms with Gasteiger partial charge >= 0.3 is 0 Å². The van der Waals surface area contributed by atoms with Crippen LogP contribution in [0.2, 0.25) is 0 Å². The molecule has 0 amide bonds. The molecule has 216 valence electrons. The summed E-state index contributed by atoms with van der Waals surface area (Å²) in [6, 6.07) is 0. The number of ether oxygens (including phenoxy) is 3. The van der Waals surface area contributed by atoms with Crippen molar-refractivity contribution in [3.8, 4) is 0 Å². The summed E-state index contributed by atoms with van der Waals surface area (Å²) in [6.45, 7) is 15.2. The van der Waals surface area contributed by atoms with Crippen LogP contribution in [0.4, 0.5) is 0 Å². The van der Waals surface area contributed by atoms with Gasteiger partial charge in [-0.3, -0.25) is 0 Å². The van der Waals surface area contributed by atoms with E-state index >= 15 is 0 Å². The highest BCUT2D eigenvalue weighted by Crippen LogP contribution is 2.54. The van der Waals surface area contributed by atoms with Crippen LogP contribution in [0, 0.1) is 29.6 Å². The Balaban J connectivity index is -0.000000407. The van der Waals surface area contributed by atoms with Crippen LogP contribution in [-0.4, -0.2) is 38.1 Å². The predicted octanol–water partition coefficient (Wildman–Crippen LogP) is 10.2. The molecule has 4 aliphatic carbocycles. The molecule has 8 atom stereocenters. The fourth-order valence-electron chi connectivity index (χ4n) is 6.72. The van der Waals surface area contributed by atoms with Crippen LogP contribution in [0.5, 0.6) is 0 Å². The normalized spacial score (nSPS) is 38.2. The molecular weight excluding hydrogens is 432 g/mol. The summed E-state index contributed by atoms with van der Waals surface area (Å²) in [6.07, 6.45) is 20.7. The monoisotopic (exact) mass is 503 g/mol. The molecule has 0 aromatic rings. The van der Waals surface area contributed by atoms with E-state index in [1.165, 1.54) is 83.5 Å². The SMILES string of the molecule is C.C.C1CC2CC1C1COC21.C1CCC2OCC2C1.C1CCCC2OCC2CC1.CC.CC.CC.[HH].[HH]. The van der Waals surface area contributed by atoms with Gasteiger partial charge in [-0.05, 0) is 56.8 Å². The average Bonchev–Trinajstić information content (AvgIpc) is 3.36. The predicted molar refractivity (Wildman–Crippen MR) is 158 cm³/mol. The van der Waals surface area contributed by atoms with Crippen LogP contribution in [-0.2, 0) is 14.2 Å². The summed E-state index contributed by atoms with van der Waals surface area (Å²) in [5.74, 6) is 4.97. The Morgan fingerprint density at radius 3 is 1.29 bits per heavy atom. The molecular formula is C32H70O3. The van der Waals surface area contributed by atoms with Gasteiger partial charge < -0.3 is 14.2 Å². The van der Waals surface area contributed by atoms with Crippen molar-refractivity contribution < 1.29 is 17.1 Å². The zero-order valence-corrected chi connectivity index (χ0v) is 23.2. The summed E-state index contributed by atoms with van der Waals surface area (Å²) in [5.41, 5.74) is 0. The molecule has 0 aromatic carbocycles. The Kier molecular flexibility index (Phi) is 19.9. The summed E-state index contributed by atoms with van der Waals surface area (Å²) in [7, 11) is 0. The zero-order valence-electron chi connectivity index (χ0n) is 23.2. The molecule has 2 bridgehead atoms. The van der Waals surface area contributed by atoms with Crippen LogP contribution >= 0.6 is 0 Å². The van der Waals surface area contributed by atoms with Crippen LogP contribution in [0.3, 0.4) is 0 Å². The summed E-state index contributed by atoms with van der Waals surface area (Å²) in [5, 5.41) is 0. The maximum Gasteiger partial charge on any atom is 0.0656 e. The second kappa shape index (κ2) is 19.9. The Bertz CT molecular complexity index is 447. The standard InChI is InChI=1S/C9H16O.C8H12O.C7H12O.3C2H6.2CH4.2H2/c1-2-4-6-9-8(5-3-1)7-10-9;1-2-6-3-5(1)7-4-9-8(6)7;1-2-4-7-6(3-1)5-8-7;3*1-2;;;;/h8-9H,1-7H2;5-8H,1-4H2;6-7H,1-5H2;3*1-2H3;2*1H4;2*1H. The van der Waals surface area contributed by atoms with Crippen molar-refractivity contribution in [2.24, 2.45) is 29.6 Å². The third kappa shape index (κ3) is 9.60. The molecule has 0 spiro atoms. The molecule has 3 saturated heterocycles. The van der Waals surface area contributed by atoms with Gasteiger partial charge in [-0.2, -0.15) is 0 Å². The highest BCUT2D eigenvalue weighted by molar-refractivity contribution is 5.01. The molecule has 8 unspecified atom stereocenters. The molecule has 0 radical (unpaired) electrons. The van der Waals surface area contributed by atoms with Crippen molar-refractivity contribution in [3.05, 3.63) is 0 Å². The lowest BCUT2D eigenvalue weighted by Crippen LogP contribution is -2.43. The summed E-state index contributed by atoms with van der Waals surface area (Å²) in [4.78, 5) is 0. The zero-order chi connectivity index (χ0) is 24.1. The van der Waals surface area contributed by atoms with Gasteiger partial charge in [0.2, 0.25) is 0 Å². The fourth-order valence-corrected chi connectivity index (χ4v) is 6.72. The minimum absolute atomic E-state index is 0. The minimum atomic E-state index is 0. The number of hydrogen-bond acceptors (Lipinski definition) is 3. The minimum Gasteiger partial charge on any atom is -0.377 e. The molecule has 7 aliphatic rings. The van der Waals surface area contributed by atoms with Gasteiger partial charge in [-0.15, -0.1) is 0 Å². The third-order valence-electron chi connectivity index (χ3n) is 8.71. The van der Waals surface area contributed by atoms with Gasteiger partial charge in [0.15, 0.2) is 0 Å². The summed E-state index contributed by atoms with van der Waals surface area (Å²) < 4.78 is 16.3. The maximum absolute atomic E-state index is 5.49. The van der Waals surface area contributed by atoms with Gasteiger partial charge in [0.1, 0.15) is 0 Å². The van der Waals surface area contributed by atoms with E-state index in [4.69, 9.17) is 14.2 Å². The lowest BCUT2D eigenvalue weighted by molar-refractivity contribution is -0.139. The van der Waals surface area contributed by atoms with Crippen molar-refractivity contribution in [2.75, 3.05) is 19.8 Å². The van der Waals surface area contributed by atoms with E-state index in [2.05, 4.69) is 0 Å². The Hall–Kier alpha value is -0.120. The van der Waals surface area contributed by atoms with Crippen molar-refractivity contribution in [1.29, 1.82) is 0 Å². The fraction of sp³-hybridized carbons (Fsp3) is 1.00. The Morgan fingerprint density at radius 1 is 0.457 bits per heavy atom. The third-order valence-corrected chi connectivity index (χ3v) is 8.71. The molecule has 3 heterocycles. The van der Waals surface area contributed by atoms with E-state index in [-0.39, 0.29) is 17.7 Å². The van der Waals surface area contributed by atoms with Gasteiger partial charge in [0.05, 0.1) is 38.1 Å². The van der Waals surface area contributed by atoms with E-state index in [0.29, 0.717) is 12.2 Å². The molecule has 4 saturated carbocycles. The molecule has 7 rings (SSSR count). The molecule has 0 N–H and O–H groups in total. The highest BCUT2D eigenvalue weighted by atomic mass is 16.5. The molecule has 3 nitrogen and oxygen atoms in total. The Morgan fingerprint density at radius 2 is 0.914 bits per heavy atom. The quantitative estimate of drug-likeness (QED) is 0.330. The van der Waals surface area contributed by atoms with Crippen LogP contribution in [0.25, 0.3) is 0 Å². The topological polar surface area (TPSA) is 27.7 Å². The van der Waals surface area contributed by atoms with Crippen LogP contribution in [0.15, 0.2) is 0 Å². The average molecular weight is 503 g/mol. The first kappa shape index (κ1) is 34.9. The largest absolute Gasteiger partial charge is 0.377 e. The molecule has 3 aliphatic heterocycles. The Labute approximate surface area is 224 Å². The highest BCUT2D eigenvalue weighted by Gasteiger charge is 2.53. The summed E-state index contributed by atoms with van der Waals surface area (Å²) >= 11 is 0. The van der Waals surface area contributed by atoms with Gasteiger partial charge in [0.25, 0.3) is 0 Å². The van der Waals surface area contributed by atoms with Crippen molar-refractivity contribution in [3.63, 3.8) is 0 Å². The smallest absolute Gasteiger partial charge is 0.0656 e. The first-order valence-corrected chi connectivity index (χ1v) is 15.2. The van der Waals surface area contributed by atoms with E-state index in [1.807, 2.05) is 41.5 Å². The number of hydrogen-bond donors (Lipinski definition) is 0. The molecule has 3 heteroatoms. The lowest BCUT2D eigenvalue weighted by atomic mass is 9.83. The molecule has 7 fully saturated rings. The first-order valence-electron chi connectivity index (χ1n) is 15.2. The van der Waals surface area contributed by atoms with Gasteiger partial charge in [-0.25, -0.2) is 0 Å². The number of fused-ring (bicyclic) bond motifs is 7. The van der Waals surface area contributed by atoms with Crippen LogP contribution < -0.4 is 0 Å². The maximum atomic E-state index is 5.49. The van der Waals surface area contributed by atoms with E-state index < -0.39 is 0 Å². The van der Waals surface area contributed by atoms with E-state index in [0.717, 1.165) is 55.5 Å². The van der Waals surface area contributed by atoms with Crippen LogP contribution in [0.1, 0.15) is 143 Å². The van der Waals surface area contributed by atoms with E-state index in [1.54, 1.807) is 0 Å².